The van der Waals surface area contributed by atoms with Crippen LogP contribution in [0.5, 0.6) is 0 Å². The second kappa shape index (κ2) is 5.54. The highest BCUT2D eigenvalue weighted by molar-refractivity contribution is 7.90. The van der Waals surface area contributed by atoms with Gasteiger partial charge < -0.3 is 4.74 Å². The Hall–Kier alpha value is -0.0900. The van der Waals surface area contributed by atoms with E-state index in [1.165, 1.54) is 26.2 Å². The average Bonchev–Trinajstić information content (AvgIpc) is 2.67. The van der Waals surface area contributed by atoms with E-state index in [1.807, 2.05) is 0 Å². The van der Waals surface area contributed by atoms with Crippen LogP contribution in [0.4, 0.5) is 0 Å². The van der Waals surface area contributed by atoms with Gasteiger partial charge in [-0.05, 0) is 5.92 Å². The predicted octanol–water partition coefficient (Wildman–Crippen LogP) is 1.09. The lowest BCUT2D eigenvalue weighted by Gasteiger charge is -1.93. The Morgan fingerprint density at radius 2 is 1.83 bits per heavy atom. The van der Waals surface area contributed by atoms with Crippen LogP contribution in [-0.2, 0) is 14.6 Å². The third kappa shape index (κ3) is 12.6. The predicted molar refractivity (Wildman–Crippen MR) is 50.0 cm³/mol. The van der Waals surface area contributed by atoms with Crippen molar-refractivity contribution >= 4 is 9.84 Å². The molecule has 1 saturated carbocycles. The van der Waals surface area contributed by atoms with Crippen LogP contribution in [0.1, 0.15) is 19.8 Å². The van der Waals surface area contributed by atoms with Crippen LogP contribution in [0.15, 0.2) is 0 Å². The van der Waals surface area contributed by atoms with E-state index in [9.17, 15) is 8.42 Å². The Bertz CT molecular complexity index is 192. The Morgan fingerprint density at radius 1 is 1.42 bits per heavy atom. The number of rotatable bonds is 3. The maximum atomic E-state index is 10.3. The first kappa shape index (κ1) is 11.9. The third-order valence-electron chi connectivity index (χ3n) is 1.52. The average molecular weight is 194 g/mol. The van der Waals surface area contributed by atoms with Crippen molar-refractivity contribution in [3.05, 3.63) is 0 Å². The molecule has 1 aliphatic carbocycles. The Morgan fingerprint density at radius 3 is 1.92 bits per heavy atom. The normalized spacial score (nSPS) is 16.6. The SMILES string of the molecule is CC1CC1.COCCS(C)(=O)=O. The molecular weight excluding hydrogens is 176 g/mol. The van der Waals surface area contributed by atoms with Gasteiger partial charge in [-0.15, -0.1) is 0 Å². The van der Waals surface area contributed by atoms with E-state index in [2.05, 4.69) is 11.7 Å². The molecule has 0 heterocycles. The zero-order valence-corrected chi connectivity index (χ0v) is 8.86. The minimum atomic E-state index is -2.81. The van der Waals surface area contributed by atoms with Crippen LogP contribution in [0, 0.1) is 5.92 Å². The smallest absolute Gasteiger partial charge is 0.149 e. The van der Waals surface area contributed by atoms with E-state index in [1.54, 1.807) is 0 Å². The van der Waals surface area contributed by atoms with Gasteiger partial charge in [-0.3, -0.25) is 0 Å². The number of sulfone groups is 1. The standard InChI is InChI=1S/C4H10O3S.C4H8/c1-7-3-4-8(2,5)6;1-4-2-3-4/h3-4H2,1-2H3;4H,2-3H2,1H3. The van der Waals surface area contributed by atoms with Crippen molar-refractivity contribution in [1.29, 1.82) is 0 Å². The molecule has 0 aliphatic heterocycles. The lowest BCUT2D eigenvalue weighted by molar-refractivity contribution is 0.217. The molecule has 0 bridgehead atoms. The number of methoxy groups -OCH3 is 1. The van der Waals surface area contributed by atoms with Gasteiger partial charge in [0.2, 0.25) is 0 Å². The van der Waals surface area contributed by atoms with Gasteiger partial charge in [0.25, 0.3) is 0 Å². The number of ether oxygens (including phenoxy) is 1. The Kier molecular flexibility index (Phi) is 5.50. The summed E-state index contributed by atoms with van der Waals surface area (Å²) in [6.07, 6.45) is 4.16. The molecule has 0 aromatic heterocycles. The van der Waals surface area contributed by atoms with Gasteiger partial charge >= 0.3 is 0 Å². The van der Waals surface area contributed by atoms with Crippen LogP contribution in [0.3, 0.4) is 0 Å². The molecule has 0 unspecified atom stereocenters. The molecule has 4 heteroatoms. The summed E-state index contributed by atoms with van der Waals surface area (Å²) in [5.74, 6) is 1.20. The highest BCUT2D eigenvalue weighted by Crippen LogP contribution is 2.26. The minimum absolute atomic E-state index is 0.115. The fourth-order valence-corrected chi connectivity index (χ4v) is 0.871. The molecule has 0 atom stereocenters. The van der Waals surface area contributed by atoms with Crippen molar-refractivity contribution in [1.82, 2.24) is 0 Å². The first-order valence-electron chi connectivity index (χ1n) is 4.12. The Balaban J connectivity index is 0.000000247. The molecule has 3 nitrogen and oxygen atoms in total. The molecule has 1 rings (SSSR count). The van der Waals surface area contributed by atoms with Crippen LogP contribution >= 0.6 is 0 Å². The van der Waals surface area contributed by atoms with Gasteiger partial charge in [-0.25, -0.2) is 8.42 Å². The van der Waals surface area contributed by atoms with Gasteiger partial charge in [-0.1, -0.05) is 19.8 Å². The molecule has 74 valence electrons. The fraction of sp³-hybridized carbons (Fsp3) is 1.00. The topological polar surface area (TPSA) is 43.4 Å². The van der Waals surface area contributed by atoms with E-state index in [0.29, 0.717) is 6.61 Å². The fourth-order valence-electron chi connectivity index (χ4n) is 0.401. The molecule has 0 aromatic rings. The van der Waals surface area contributed by atoms with Gasteiger partial charge in [0.05, 0.1) is 12.4 Å². The first-order valence-corrected chi connectivity index (χ1v) is 6.18. The van der Waals surface area contributed by atoms with Crippen LogP contribution in [-0.4, -0.2) is 34.1 Å². The summed E-state index contributed by atoms with van der Waals surface area (Å²) in [6.45, 7) is 2.57. The van der Waals surface area contributed by atoms with E-state index in [0.717, 1.165) is 5.92 Å². The maximum absolute atomic E-state index is 10.3. The van der Waals surface area contributed by atoms with Crippen LogP contribution in [0.25, 0.3) is 0 Å². The van der Waals surface area contributed by atoms with Crippen molar-refractivity contribution in [3.63, 3.8) is 0 Å². The van der Waals surface area contributed by atoms with Gasteiger partial charge in [0, 0.05) is 13.4 Å². The second-order valence-electron chi connectivity index (χ2n) is 3.31. The van der Waals surface area contributed by atoms with Gasteiger partial charge in [0.1, 0.15) is 9.84 Å². The van der Waals surface area contributed by atoms with E-state index in [4.69, 9.17) is 0 Å². The van der Waals surface area contributed by atoms with Crippen molar-refractivity contribution in [3.8, 4) is 0 Å². The van der Waals surface area contributed by atoms with Crippen LogP contribution < -0.4 is 0 Å². The maximum Gasteiger partial charge on any atom is 0.149 e. The molecule has 0 N–H and O–H groups in total. The quantitative estimate of drug-likeness (QED) is 0.675. The van der Waals surface area contributed by atoms with Gasteiger partial charge in [0.15, 0.2) is 0 Å². The highest BCUT2D eigenvalue weighted by atomic mass is 32.2. The Labute approximate surface area is 75.0 Å². The molecule has 0 radical (unpaired) electrons. The summed E-state index contributed by atoms with van der Waals surface area (Å²) in [5.41, 5.74) is 0. The van der Waals surface area contributed by atoms with E-state index in [-0.39, 0.29) is 5.75 Å². The summed E-state index contributed by atoms with van der Waals surface area (Å²) in [4.78, 5) is 0. The molecule has 0 saturated heterocycles. The number of hydrogen-bond acceptors (Lipinski definition) is 3. The molecule has 1 aliphatic rings. The minimum Gasteiger partial charge on any atom is -0.384 e. The summed E-state index contributed by atoms with van der Waals surface area (Å²) >= 11 is 0. The summed E-state index contributed by atoms with van der Waals surface area (Å²) in [6, 6.07) is 0. The zero-order valence-electron chi connectivity index (χ0n) is 8.04. The van der Waals surface area contributed by atoms with Crippen molar-refractivity contribution in [2.45, 2.75) is 19.8 Å². The van der Waals surface area contributed by atoms with Crippen molar-refractivity contribution < 1.29 is 13.2 Å². The number of hydrogen-bond donors (Lipinski definition) is 0. The molecule has 0 amide bonds. The van der Waals surface area contributed by atoms with Gasteiger partial charge in [-0.2, -0.15) is 0 Å². The molecule has 0 aromatic carbocycles. The zero-order chi connectivity index (χ0) is 9.61. The summed E-state index contributed by atoms with van der Waals surface area (Å²) in [7, 11) is -1.33. The summed E-state index contributed by atoms with van der Waals surface area (Å²) < 4.78 is 25.2. The lowest BCUT2D eigenvalue weighted by Crippen LogP contribution is -2.07. The molecule has 0 spiro atoms. The molecule has 12 heavy (non-hydrogen) atoms. The van der Waals surface area contributed by atoms with Crippen molar-refractivity contribution in [2.24, 2.45) is 5.92 Å². The first-order chi connectivity index (χ1) is 5.45. The second-order valence-corrected chi connectivity index (χ2v) is 5.56. The third-order valence-corrected chi connectivity index (χ3v) is 2.43. The highest BCUT2D eigenvalue weighted by Gasteiger charge is 2.12. The van der Waals surface area contributed by atoms with E-state index >= 15 is 0 Å². The van der Waals surface area contributed by atoms with Crippen molar-refractivity contribution in [2.75, 3.05) is 25.7 Å². The lowest BCUT2D eigenvalue weighted by atomic mass is 10.5. The monoisotopic (exact) mass is 194 g/mol. The molecule has 1 fully saturated rings. The summed E-state index contributed by atoms with van der Waals surface area (Å²) in [5, 5.41) is 0. The van der Waals surface area contributed by atoms with E-state index < -0.39 is 9.84 Å². The largest absolute Gasteiger partial charge is 0.384 e. The molecular formula is C8H18O3S. The van der Waals surface area contributed by atoms with Crippen LogP contribution in [0.2, 0.25) is 0 Å².